The van der Waals surface area contributed by atoms with Crippen LogP contribution in [0.25, 0.3) is 0 Å². The van der Waals surface area contributed by atoms with E-state index in [2.05, 4.69) is 9.97 Å². The van der Waals surface area contributed by atoms with Crippen LogP contribution in [0.4, 0.5) is 0 Å². The van der Waals surface area contributed by atoms with Crippen LogP contribution in [0.5, 0.6) is 0 Å². The third-order valence-electron chi connectivity index (χ3n) is 2.13. The van der Waals surface area contributed by atoms with Crippen LogP contribution in [0.1, 0.15) is 0 Å². The number of hydrogen-bond donors (Lipinski definition) is 0. The molecule has 2 nitrogen and oxygen atoms in total. The van der Waals surface area contributed by atoms with Crippen LogP contribution in [0.2, 0.25) is 0 Å². The maximum Gasteiger partial charge on any atom is 0.0966 e. The maximum absolute atomic E-state index is 5.09. The molecule has 1 unspecified atom stereocenters. The second kappa shape index (κ2) is 7.51. The molecule has 1 atom stereocenters. The Labute approximate surface area is 121 Å². The summed E-state index contributed by atoms with van der Waals surface area (Å²) >= 11 is 8.58. The van der Waals surface area contributed by atoms with E-state index >= 15 is 0 Å². The van der Waals surface area contributed by atoms with Gasteiger partial charge in [-0.15, -0.1) is 11.8 Å². The molecule has 2 rings (SSSR count). The van der Waals surface area contributed by atoms with Crippen molar-refractivity contribution in [1.29, 1.82) is 0 Å². The fraction of sp³-hybridized carbons (Fsp3) is 0.154. The lowest BCUT2D eigenvalue weighted by Gasteiger charge is -2.10. The first-order valence-electron chi connectivity index (χ1n) is 5.44. The van der Waals surface area contributed by atoms with Crippen molar-refractivity contribution in [3.05, 3.63) is 48.9 Å². The molecule has 5 heteroatoms. The molecule has 2 heterocycles. The molecule has 0 spiro atoms. The first-order valence-corrected chi connectivity index (χ1v) is 7.78. The van der Waals surface area contributed by atoms with Gasteiger partial charge in [-0.2, -0.15) is 0 Å². The number of rotatable bonds is 6. The van der Waals surface area contributed by atoms with Gasteiger partial charge in [0.05, 0.1) is 5.03 Å². The standard InChI is InChI=1S/C13H12N2S3/c16-9-12(18-13-3-1-2-6-15-13)10-17-11-4-7-14-8-5-11/h1-9,12H,10H2. The van der Waals surface area contributed by atoms with Crippen molar-refractivity contribution in [2.45, 2.75) is 15.2 Å². The quantitative estimate of drug-likeness (QED) is 0.597. The first-order chi connectivity index (χ1) is 8.88. The van der Waals surface area contributed by atoms with Gasteiger partial charge in [0.15, 0.2) is 0 Å². The van der Waals surface area contributed by atoms with E-state index in [-0.39, 0.29) is 5.25 Å². The van der Waals surface area contributed by atoms with Crippen molar-refractivity contribution < 1.29 is 0 Å². The van der Waals surface area contributed by atoms with Crippen LogP contribution < -0.4 is 0 Å². The molecule has 0 bridgehead atoms. The van der Waals surface area contributed by atoms with Crippen LogP contribution >= 0.6 is 35.7 Å². The fourth-order valence-corrected chi connectivity index (χ4v) is 3.56. The van der Waals surface area contributed by atoms with Gasteiger partial charge in [0.1, 0.15) is 0 Å². The van der Waals surface area contributed by atoms with Gasteiger partial charge in [-0.3, -0.25) is 4.98 Å². The second-order valence-electron chi connectivity index (χ2n) is 3.45. The minimum Gasteiger partial charge on any atom is -0.265 e. The predicted octanol–water partition coefficient (Wildman–Crippen LogP) is 3.73. The number of thiocarbonyl (C=S) groups is 1. The number of hydrogen-bond acceptors (Lipinski definition) is 5. The van der Waals surface area contributed by atoms with Crippen molar-refractivity contribution in [3.63, 3.8) is 0 Å². The Hall–Kier alpha value is -0.910. The number of nitrogens with zero attached hydrogens (tertiary/aromatic N) is 2. The van der Waals surface area contributed by atoms with E-state index in [1.165, 1.54) is 4.90 Å². The van der Waals surface area contributed by atoms with Crippen molar-refractivity contribution in [3.8, 4) is 0 Å². The minimum absolute atomic E-state index is 0.285. The molecular weight excluding hydrogens is 280 g/mol. The Morgan fingerprint density at radius 1 is 1.17 bits per heavy atom. The van der Waals surface area contributed by atoms with E-state index in [1.807, 2.05) is 35.7 Å². The van der Waals surface area contributed by atoms with E-state index in [4.69, 9.17) is 12.2 Å². The summed E-state index contributed by atoms with van der Waals surface area (Å²) in [4.78, 5) is 9.52. The third kappa shape index (κ3) is 4.40. The molecule has 0 radical (unpaired) electrons. The summed E-state index contributed by atoms with van der Waals surface area (Å²) in [6, 6.07) is 9.94. The second-order valence-corrected chi connectivity index (χ2v) is 6.08. The zero-order valence-corrected chi connectivity index (χ0v) is 12.0. The van der Waals surface area contributed by atoms with E-state index in [1.54, 1.807) is 42.1 Å². The molecule has 0 N–H and O–H groups in total. The monoisotopic (exact) mass is 292 g/mol. The van der Waals surface area contributed by atoms with Crippen LogP contribution in [-0.4, -0.2) is 26.3 Å². The highest BCUT2D eigenvalue weighted by atomic mass is 32.2. The van der Waals surface area contributed by atoms with E-state index < -0.39 is 0 Å². The van der Waals surface area contributed by atoms with Gasteiger partial charge >= 0.3 is 0 Å². The fourth-order valence-electron chi connectivity index (χ4n) is 1.29. The Bertz CT molecular complexity index is 476. The highest BCUT2D eigenvalue weighted by Gasteiger charge is 2.08. The average Bonchev–Trinajstić information content (AvgIpc) is 2.45. The Kier molecular flexibility index (Phi) is 5.64. The molecule has 0 aliphatic heterocycles. The largest absolute Gasteiger partial charge is 0.265 e. The highest BCUT2D eigenvalue weighted by molar-refractivity contribution is 8.04. The normalized spacial score (nSPS) is 12.0. The molecule has 2 aromatic rings. The lowest BCUT2D eigenvalue weighted by Crippen LogP contribution is -2.06. The molecule has 92 valence electrons. The highest BCUT2D eigenvalue weighted by Crippen LogP contribution is 2.26. The predicted molar refractivity (Wildman–Crippen MR) is 82.5 cm³/mol. The number of thioether (sulfide) groups is 2. The third-order valence-corrected chi connectivity index (χ3v) is 5.06. The van der Waals surface area contributed by atoms with Crippen molar-refractivity contribution >= 4 is 41.1 Å². The van der Waals surface area contributed by atoms with Crippen LogP contribution in [-0.2, 0) is 0 Å². The Balaban J connectivity index is 1.88. The van der Waals surface area contributed by atoms with Gasteiger partial charge in [0.2, 0.25) is 0 Å². The van der Waals surface area contributed by atoms with E-state index in [9.17, 15) is 0 Å². The van der Waals surface area contributed by atoms with Crippen LogP contribution in [0.15, 0.2) is 58.8 Å². The number of pyridine rings is 2. The Morgan fingerprint density at radius 2 is 2.00 bits per heavy atom. The molecule has 0 fully saturated rings. The summed E-state index contributed by atoms with van der Waals surface area (Å²) in [5, 5.41) is 3.11. The summed E-state index contributed by atoms with van der Waals surface area (Å²) in [6.07, 6.45) is 5.42. The van der Waals surface area contributed by atoms with Crippen molar-refractivity contribution in [2.24, 2.45) is 0 Å². The van der Waals surface area contributed by atoms with Gasteiger partial charge in [-0.1, -0.05) is 30.0 Å². The molecule has 0 aromatic carbocycles. The van der Waals surface area contributed by atoms with Gasteiger partial charge in [-0.25, -0.2) is 4.98 Å². The van der Waals surface area contributed by atoms with Gasteiger partial charge in [0.25, 0.3) is 0 Å². The summed E-state index contributed by atoms with van der Waals surface area (Å²) < 4.78 is 0. The summed E-state index contributed by atoms with van der Waals surface area (Å²) in [7, 11) is 0. The van der Waals surface area contributed by atoms with Gasteiger partial charge in [0, 0.05) is 34.5 Å². The van der Waals surface area contributed by atoms with Crippen molar-refractivity contribution in [2.75, 3.05) is 5.75 Å². The minimum atomic E-state index is 0.285. The smallest absolute Gasteiger partial charge is 0.0966 e. The SMILES string of the molecule is S=CC(CSc1ccncc1)Sc1ccccn1. The molecule has 0 aliphatic carbocycles. The summed E-state index contributed by atoms with van der Waals surface area (Å²) in [6.45, 7) is 0. The lowest BCUT2D eigenvalue weighted by molar-refractivity contribution is 1.13. The number of aromatic nitrogens is 2. The molecule has 18 heavy (non-hydrogen) atoms. The average molecular weight is 292 g/mol. The summed E-state index contributed by atoms with van der Waals surface area (Å²) in [5.74, 6) is 0.939. The van der Waals surface area contributed by atoms with Gasteiger partial charge < -0.3 is 0 Å². The molecular formula is C13H12N2S3. The van der Waals surface area contributed by atoms with Crippen LogP contribution in [0.3, 0.4) is 0 Å². The topological polar surface area (TPSA) is 25.8 Å². The zero-order valence-electron chi connectivity index (χ0n) is 9.60. The van der Waals surface area contributed by atoms with Crippen LogP contribution in [0, 0.1) is 0 Å². The lowest BCUT2D eigenvalue weighted by atomic mass is 10.5. The van der Waals surface area contributed by atoms with Gasteiger partial charge in [-0.05, 0) is 29.6 Å². The van der Waals surface area contributed by atoms with E-state index in [0.29, 0.717) is 0 Å². The Morgan fingerprint density at radius 3 is 2.67 bits per heavy atom. The maximum atomic E-state index is 5.09. The van der Waals surface area contributed by atoms with Crippen molar-refractivity contribution in [1.82, 2.24) is 9.97 Å². The molecule has 0 amide bonds. The van der Waals surface area contributed by atoms with E-state index in [0.717, 1.165) is 10.8 Å². The molecule has 0 aliphatic rings. The zero-order chi connectivity index (χ0) is 12.6. The summed E-state index contributed by atoms with van der Waals surface area (Å²) in [5.41, 5.74) is 0. The molecule has 2 aromatic heterocycles. The molecule has 0 saturated heterocycles. The first kappa shape index (κ1) is 13.5. The molecule has 0 saturated carbocycles.